The summed E-state index contributed by atoms with van der Waals surface area (Å²) in [7, 11) is 0. The second-order valence-electron chi connectivity index (χ2n) is 6.36. The van der Waals surface area contributed by atoms with Crippen molar-refractivity contribution in [2.75, 3.05) is 19.8 Å². The molecule has 20 heavy (non-hydrogen) atoms. The number of rotatable bonds is 3. The van der Waals surface area contributed by atoms with Crippen LogP contribution in [0.2, 0.25) is 0 Å². The van der Waals surface area contributed by atoms with Crippen molar-refractivity contribution in [1.82, 2.24) is 4.90 Å². The molecule has 1 N–H and O–H groups in total. The van der Waals surface area contributed by atoms with E-state index in [1.807, 2.05) is 0 Å². The summed E-state index contributed by atoms with van der Waals surface area (Å²) in [5, 5.41) is 9.20. The predicted octanol–water partition coefficient (Wildman–Crippen LogP) is 1.51. The molecule has 2 aliphatic carbocycles. The van der Waals surface area contributed by atoms with E-state index in [0.717, 1.165) is 6.42 Å². The normalized spacial score (nSPS) is 34.8. The molecule has 1 amide bonds. The third kappa shape index (κ3) is 2.68. The monoisotopic (exact) mass is 281 g/mol. The Hall–Kier alpha value is -1.10. The van der Waals surface area contributed by atoms with Crippen molar-refractivity contribution >= 4 is 11.9 Å². The highest BCUT2D eigenvalue weighted by Gasteiger charge is 2.50. The van der Waals surface area contributed by atoms with Crippen LogP contribution in [-0.4, -0.2) is 47.7 Å². The van der Waals surface area contributed by atoms with Crippen molar-refractivity contribution in [3.05, 3.63) is 0 Å². The van der Waals surface area contributed by atoms with Crippen molar-refractivity contribution in [3.8, 4) is 0 Å². The lowest BCUT2D eigenvalue weighted by molar-refractivity contribution is -0.159. The summed E-state index contributed by atoms with van der Waals surface area (Å²) in [5.41, 5.74) is 0. The van der Waals surface area contributed by atoms with E-state index < -0.39 is 12.0 Å². The molecule has 0 aromatic carbocycles. The average molecular weight is 281 g/mol. The molecule has 0 aromatic rings. The molecule has 3 unspecified atom stereocenters. The summed E-state index contributed by atoms with van der Waals surface area (Å²) >= 11 is 0. The van der Waals surface area contributed by atoms with Gasteiger partial charge in [-0.3, -0.25) is 4.79 Å². The number of carboxylic acids is 1. The van der Waals surface area contributed by atoms with Gasteiger partial charge in [0, 0.05) is 12.5 Å². The van der Waals surface area contributed by atoms with Gasteiger partial charge >= 0.3 is 5.97 Å². The quantitative estimate of drug-likeness (QED) is 0.851. The van der Waals surface area contributed by atoms with Gasteiger partial charge < -0.3 is 14.7 Å². The van der Waals surface area contributed by atoms with E-state index in [4.69, 9.17) is 4.74 Å². The van der Waals surface area contributed by atoms with E-state index in [1.54, 1.807) is 4.90 Å². The van der Waals surface area contributed by atoms with E-state index >= 15 is 0 Å². The fourth-order valence-corrected chi connectivity index (χ4v) is 3.87. The van der Waals surface area contributed by atoms with Crippen LogP contribution in [0.5, 0.6) is 0 Å². The Kier molecular flexibility index (Phi) is 3.96. The number of carbonyl (C=O) groups is 2. The Morgan fingerprint density at radius 1 is 1.15 bits per heavy atom. The van der Waals surface area contributed by atoms with Crippen LogP contribution in [-0.2, 0) is 14.3 Å². The molecule has 0 aromatic heterocycles. The second-order valence-corrected chi connectivity index (χ2v) is 6.36. The Balaban J connectivity index is 1.60. The van der Waals surface area contributed by atoms with Crippen LogP contribution in [0.3, 0.4) is 0 Å². The molecule has 1 heterocycles. The van der Waals surface area contributed by atoms with Crippen LogP contribution >= 0.6 is 0 Å². The van der Waals surface area contributed by atoms with Crippen LogP contribution in [0.4, 0.5) is 0 Å². The van der Waals surface area contributed by atoms with Crippen molar-refractivity contribution in [2.24, 2.45) is 17.8 Å². The summed E-state index contributed by atoms with van der Waals surface area (Å²) in [6.45, 7) is 1.00. The molecule has 0 bridgehead atoms. The van der Waals surface area contributed by atoms with Gasteiger partial charge in [0.1, 0.15) is 0 Å². The highest BCUT2D eigenvalue weighted by Crippen LogP contribution is 2.50. The predicted molar refractivity (Wildman–Crippen MR) is 72.1 cm³/mol. The molecule has 3 atom stereocenters. The maximum Gasteiger partial charge on any atom is 0.328 e. The smallest absolute Gasteiger partial charge is 0.328 e. The van der Waals surface area contributed by atoms with E-state index in [-0.39, 0.29) is 18.4 Å². The molecule has 0 radical (unpaired) electrons. The van der Waals surface area contributed by atoms with Gasteiger partial charge in [0.15, 0.2) is 6.04 Å². The summed E-state index contributed by atoms with van der Waals surface area (Å²) < 4.78 is 5.19. The molecule has 5 nitrogen and oxygen atoms in total. The van der Waals surface area contributed by atoms with Crippen LogP contribution in [0.15, 0.2) is 0 Å². The number of morpholine rings is 1. The zero-order valence-corrected chi connectivity index (χ0v) is 11.8. The van der Waals surface area contributed by atoms with Gasteiger partial charge in [0.05, 0.1) is 13.2 Å². The number of carboxylic acid groups (broad SMARTS) is 1. The maximum absolute atomic E-state index is 12.5. The Bertz CT molecular complexity index is 391. The van der Waals surface area contributed by atoms with Crippen molar-refractivity contribution < 1.29 is 19.4 Å². The minimum Gasteiger partial charge on any atom is -0.480 e. The number of hydrogen-bond donors (Lipinski definition) is 1. The summed E-state index contributed by atoms with van der Waals surface area (Å²) in [4.78, 5) is 25.3. The minimum atomic E-state index is -0.951. The first-order chi connectivity index (χ1) is 9.68. The SMILES string of the molecule is O=C(O)C1COCCN1C(=O)C1CC1C1CCCCC1. The lowest BCUT2D eigenvalue weighted by Gasteiger charge is -2.33. The van der Waals surface area contributed by atoms with Crippen molar-refractivity contribution in [3.63, 3.8) is 0 Å². The van der Waals surface area contributed by atoms with E-state index in [1.165, 1.54) is 32.1 Å². The van der Waals surface area contributed by atoms with Gasteiger partial charge in [0.25, 0.3) is 0 Å². The van der Waals surface area contributed by atoms with Crippen LogP contribution in [0.25, 0.3) is 0 Å². The molecule has 3 rings (SSSR count). The van der Waals surface area contributed by atoms with E-state index in [2.05, 4.69) is 0 Å². The number of nitrogens with zero attached hydrogens (tertiary/aromatic N) is 1. The topological polar surface area (TPSA) is 66.8 Å². The van der Waals surface area contributed by atoms with Crippen molar-refractivity contribution in [1.29, 1.82) is 0 Å². The first kappa shape index (κ1) is 13.9. The Labute approximate surface area is 119 Å². The van der Waals surface area contributed by atoms with Gasteiger partial charge in [-0.1, -0.05) is 32.1 Å². The van der Waals surface area contributed by atoms with Gasteiger partial charge in [-0.2, -0.15) is 0 Å². The fraction of sp³-hybridized carbons (Fsp3) is 0.867. The van der Waals surface area contributed by atoms with Gasteiger partial charge in [-0.25, -0.2) is 4.79 Å². The summed E-state index contributed by atoms with van der Waals surface area (Å²) in [6, 6.07) is -0.788. The molecule has 0 spiro atoms. The Morgan fingerprint density at radius 3 is 2.60 bits per heavy atom. The van der Waals surface area contributed by atoms with Crippen LogP contribution < -0.4 is 0 Å². The molecule has 3 fully saturated rings. The lowest BCUT2D eigenvalue weighted by atomic mass is 9.85. The maximum atomic E-state index is 12.5. The molecule has 1 saturated heterocycles. The molecule has 2 saturated carbocycles. The highest BCUT2D eigenvalue weighted by atomic mass is 16.5. The summed E-state index contributed by atoms with van der Waals surface area (Å²) in [5.74, 6) is 0.393. The lowest BCUT2D eigenvalue weighted by Crippen LogP contribution is -2.53. The summed E-state index contributed by atoms with van der Waals surface area (Å²) in [6.07, 6.45) is 7.37. The molecular weight excluding hydrogens is 258 g/mol. The minimum absolute atomic E-state index is 0.0521. The zero-order chi connectivity index (χ0) is 14.1. The second kappa shape index (κ2) is 5.72. The van der Waals surface area contributed by atoms with E-state index in [0.29, 0.717) is 25.0 Å². The molecule has 3 aliphatic rings. The number of hydrogen-bond acceptors (Lipinski definition) is 3. The van der Waals surface area contributed by atoms with Crippen LogP contribution in [0, 0.1) is 17.8 Å². The average Bonchev–Trinajstić information content (AvgIpc) is 3.28. The molecule has 5 heteroatoms. The first-order valence-electron chi connectivity index (χ1n) is 7.79. The number of carbonyl (C=O) groups excluding carboxylic acids is 1. The van der Waals surface area contributed by atoms with Gasteiger partial charge in [0.2, 0.25) is 5.91 Å². The Morgan fingerprint density at radius 2 is 1.90 bits per heavy atom. The zero-order valence-electron chi connectivity index (χ0n) is 11.8. The number of aliphatic carboxylic acids is 1. The van der Waals surface area contributed by atoms with Gasteiger partial charge in [-0.15, -0.1) is 0 Å². The van der Waals surface area contributed by atoms with Crippen LogP contribution in [0.1, 0.15) is 38.5 Å². The fourth-order valence-electron chi connectivity index (χ4n) is 3.87. The standard InChI is InChI=1S/C15H23NO4/c17-14(16-6-7-20-9-13(16)15(18)19)12-8-11(12)10-4-2-1-3-5-10/h10-13H,1-9H2,(H,18,19). The van der Waals surface area contributed by atoms with Gasteiger partial charge in [-0.05, 0) is 18.3 Å². The highest BCUT2D eigenvalue weighted by molar-refractivity contribution is 5.87. The number of amides is 1. The molecule has 112 valence electrons. The van der Waals surface area contributed by atoms with Crippen molar-refractivity contribution in [2.45, 2.75) is 44.6 Å². The third-order valence-electron chi connectivity index (χ3n) is 5.11. The number of ether oxygens (including phenoxy) is 1. The first-order valence-corrected chi connectivity index (χ1v) is 7.79. The third-order valence-corrected chi connectivity index (χ3v) is 5.11. The van der Waals surface area contributed by atoms with E-state index in [9.17, 15) is 14.7 Å². The largest absolute Gasteiger partial charge is 0.480 e. The molecule has 1 aliphatic heterocycles. The molecular formula is C15H23NO4.